The quantitative estimate of drug-likeness (QED) is 0.778. The Bertz CT molecular complexity index is 946. The molecule has 0 radical (unpaired) electrons. The van der Waals surface area contributed by atoms with Crippen molar-refractivity contribution in [1.82, 2.24) is 15.1 Å². The number of nitrogens with one attached hydrogen (secondary N) is 1. The van der Waals surface area contributed by atoms with Crippen molar-refractivity contribution in [3.05, 3.63) is 64.5 Å². The number of nitrogens with zero attached hydrogens (tertiary/aromatic N) is 2. The maximum atomic E-state index is 13.3. The normalized spacial score (nSPS) is 18.2. The van der Waals surface area contributed by atoms with E-state index in [1.54, 1.807) is 24.5 Å². The molecule has 1 aliphatic rings. The molecule has 1 atom stereocenters. The number of amides is 1. The van der Waals surface area contributed by atoms with Crippen LogP contribution in [0.3, 0.4) is 0 Å². The minimum atomic E-state index is -0.286. The predicted octanol–water partition coefficient (Wildman–Crippen LogP) is 3.27. The lowest BCUT2D eigenvalue weighted by Gasteiger charge is -2.28. The van der Waals surface area contributed by atoms with Gasteiger partial charge in [-0.25, -0.2) is 5.10 Å². The predicted molar refractivity (Wildman–Crippen MR) is 93.3 cm³/mol. The second-order valence-corrected chi connectivity index (χ2v) is 6.33. The zero-order valence-electron chi connectivity index (χ0n) is 13.8. The smallest absolute Gasteiger partial charge is 0.275 e. The van der Waals surface area contributed by atoms with Crippen molar-refractivity contribution in [2.24, 2.45) is 0 Å². The molecule has 1 aliphatic heterocycles. The highest BCUT2D eigenvalue weighted by Gasteiger charge is 2.31. The van der Waals surface area contributed by atoms with E-state index in [9.17, 15) is 9.59 Å². The first-order valence-corrected chi connectivity index (χ1v) is 8.57. The lowest BCUT2D eigenvalue weighted by molar-refractivity contribution is 0.0653. The SMILES string of the molecule is O=C(c1n[nH]c(=O)c2ccccc12)N1CCCCCC1c1ccco1. The number of rotatable bonds is 2. The van der Waals surface area contributed by atoms with Crippen molar-refractivity contribution in [3.63, 3.8) is 0 Å². The molecule has 0 spiro atoms. The number of carbonyl (C=O) groups is 1. The van der Waals surface area contributed by atoms with Crippen LogP contribution < -0.4 is 5.56 Å². The zero-order chi connectivity index (χ0) is 17.2. The Morgan fingerprint density at radius 1 is 1.12 bits per heavy atom. The van der Waals surface area contributed by atoms with E-state index in [4.69, 9.17) is 4.42 Å². The Balaban J connectivity index is 1.78. The van der Waals surface area contributed by atoms with Gasteiger partial charge in [0.15, 0.2) is 5.69 Å². The Labute approximate surface area is 144 Å². The summed E-state index contributed by atoms with van der Waals surface area (Å²) in [5.74, 6) is 0.625. The van der Waals surface area contributed by atoms with E-state index >= 15 is 0 Å². The summed E-state index contributed by atoms with van der Waals surface area (Å²) in [6, 6.07) is 10.7. The first kappa shape index (κ1) is 15.6. The van der Waals surface area contributed by atoms with E-state index in [1.165, 1.54) is 0 Å². The van der Waals surface area contributed by atoms with Crippen molar-refractivity contribution in [2.45, 2.75) is 31.7 Å². The van der Waals surface area contributed by atoms with Gasteiger partial charge < -0.3 is 9.32 Å². The summed E-state index contributed by atoms with van der Waals surface area (Å²) in [7, 11) is 0. The molecule has 3 heterocycles. The molecule has 1 aromatic carbocycles. The van der Waals surface area contributed by atoms with Gasteiger partial charge in [0, 0.05) is 11.9 Å². The van der Waals surface area contributed by atoms with Gasteiger partial charge in [0.25, 0.3) is 11.5 Å². The number of likely N-dealkylation sites (tertiary alicyclic amines) is 1. The van der Waals surface area contributed by atoms with Crippen LogP contribution in [0.2, 0.25) is 0 Å². The molecule has 6 nitrogen and oxygen atoms in total. The van der Waals surface area contributed by atoms with E-state index in [0.717, 1.165) is 31.4 Å². The molecule has 6 heteroatoms. The molecule has 128 valence electrons. The molecular weight excluding hydrogens is 318 g/mol. The maximum Gasteiger partial charge on any atom is 0.275 e. The first-order valence-electron chi connectivity index (χ1n) is 8.57. The average Bonchev–Trinajstić information content (AvgIpc) is 3.06. The second kappa shape index (κ2) is 6.55. The fourth-order valence-electron chi connectivity index (χ4n) is 3.54. The van der Waals surface area contributed by atoms with Gasteiger partial charge in [-0.3, -0.25) is 9.59 Å². The molecule has 0 aliphatic carbocycles. The molecule has 3 aromatic rings. The van der Waals surface area contributed by atoms with Gasteiger partial charge in [-0.1, -0.05) is 31.0 Å². The van der Waals surface area contributed by atoms with Gasteiger partial charge >= 0.3 is 0 Å². The van der Waals surface area contributed by atoms with Gasteiger partial charge in [0.2, 0.25) is 0 Å². The summed E-state index contributed by atoms with van der Waals surface area (Å²) in [4.78, 5) is 27.1. The van der Waals surface area contributed by atoms with Crippen molar-refractivity contribution in [3.8, 4) is 0 Å². The summed E-state index contributed by atoms with van der Waals surface area (Å²) < 4.78 is 5.58. The van der Waals surface area contributed by atoms with Crippen LogP contribution in [-0.4, -0.2) is 27.5 Å². The van der Waals surface area contributed by atoms with E-state index in [0.29, 0.717) is 17.3 Å². The summed E-state index contributed by atoms with van der Waals surface area (Å²) in [6.45, 7) is 0.652. The molecule has 1 saturated heterocycles. The van der Waals surface area contributed by atoms with Crippen LogP contribution in [0.4, 0.5) is 0 Å². The third-order valence-electron chi connectivity index (χ3n) is 4.78. The summed E-state index contributed by atoms with van der Waals surface area (Å²) in [5.41, 5.74) is -0.000688. The van der Waals surface area contributed by atoms with E-state index in [1.807, 2.05) is 23.1 Å². The van der Waals surface area contributed by atoms with E-state index in [2.05, 4.69) is 10.2 Å². The number of furan rings is 1. The first-order chi connectivity index (χ1) is 12.3. The highest BCUT2D eigenvalue weighted by atomic mass is 16.3. The fraction of sp³-hybridized carbons (Fsp3) is 0.316. The second-order valence-electron chi connectivity index (χ2n) is 6.33. The number of hydrogen-bond acceptors (Lipinski definition) is 4. The molecule has 1 unspecified atom stereocenters. The standard InChI is InChI=1S/C19H19N3O3/c23-18-14-8-4-3-7-13(14)17(20-21-18)19(24)22-11-5-1-2-9-15(22)16-10-6-12-25-16/h3-4,6-8,10,12,15H,1-2,5,9,11H2,(H,21,23). The monoisotopic (exact) mass is 337 g/mol. The summed E-state index contributed by atoms with van der Waals surface area (Å²) in [6.07, 6.45) is 5.58. The molecule has 25 heavy (non-hydrogen) atoms. The number of hydrogen-bond donors (Lipinski definition) is 1. The van der Waals surface area contributed by atoms with Crippen LogP contribution in [0, 0.1) is 0 Å². The largest absolute Gasteiger partial charge is 0.467 e. The number of aromatic amines is 1. The number of aromatic nitrogens is 2. The summed E-state index contributed by atoms with van der Waals surface area (Å²) in [5, 5.41) is 7.58. The lowest BCUT2D eigenvalue weighted by Crippen LogP contribution is -2.36. The molecule has 1 amide bonds. The van der Waals surface area contributed by atoms with E-state index < -0.39 is 0 Å². The molecule has 0 saturated carbocycles. The zero-order valence-corrected chi connectivity index (χ0v) is 13.8. The molecule has 1 N–H and O–H groups in total. The number of carbonyl (C=O) groups excluding carboxylic acids is 1. The minimum absolute atomic E-state index is 0.0995. The Morgan fingerprint density at radius 2 is 1.96 bits per heavy atom. The van der Waals surface area contributed by atoms with Crippen molar-refractivity contribution < 1.29 is 9.21 Å². The van der Waals surface area contributed by atoms with Crippen LogP contribution in [-0.2, 0) is 0 Å². The van der Waals surface area contributed by atoms with Gasteiger partial charge in [-0.2, -0.15) is 5.10 Å². The van der Waals surface area contributed by atoms with Gasteiger partial charge in [-0.05, 0) is 31.0 Å². The average molecular weight is 337 g/mol. The summed E-state index contributed by atoms with van der Waals surface area (Å²) >= 11 is 0. The third kappa shape index (κ3) is 2.84. The highest BCUT2D eigenvalue weighted by Crippen LogP contribution is 2.32. The van der Waals surface area contributed by atoms with Crippen molar-refractivity contribution in [1.29, 1.82) is 0 Å². The van der Waals surface area contributed by atoms with Crippen molar-refractivity contribution >= 4 is 16.7 Å². The third-order valence-corrected chi connectivity index (χ3v) is 4.78. The van der Waals surface area contributed by atoms with E-state index in [-0.39, 0.29) is 23.2 Å². The van der Waals surface area contributed by atoms with Gasteiger partial charge in [0.05, 0.1) is 17.7 Å². The maximum absolute atomic E-state index is 13.3. The van der Waals surface area contributed by atoms with Gasteiger partial charge in [-0.15, -0.1) is 0 Å². The topological polar surface area (TPSA) is 79.2 Å². The number of benzene rings is 1. The number of H-pyrrole nitrogens is 1. The molecule has 4 rings (SSSR count). The van der Waals surface area contributed by atoms with Gasteiger partial charge in [0.1, 0.15) is 5.76 Å². The fourth-order valence-corrected chi connectivity index (χ4v) is 3.54. The van der Waals surface area contributed by atoms with Crippen LogP contribution >= 0.6 is 0 Å². The highest BCUT2D eigenvalue weighted by molar-refractivity contribution is 6.04. The molecule has 1 fully saturated rings. The van der Waals surface area contributed by atoms with Crippen LogP contribution in [0.15, 0.2) is 51.9 Å². The Kier molecular flexibility index (Phi) is 4.09. The number of fused-ring (bicyclic) bond motifs is 1. The van der Waals surface area contributed by atoms with Crippen LogP contribution in [0.1, 0.15) is 48.0 Å². The lowest BCUT2D eigenvalue weighted by atomic mass is 10.1. The Morgan fingerprint density at radius 3 is 2.76 bits per heavy atom. The van der Waals surface area contributed by atoms with Crippen molar-refractivity contribution in [2.75, 3.05) is 6.54 Å². The molecule has 2 aromatic heterocycles. The Hall–Kier alpha value is -2.89. The molecular formula is C19H19N3O3. The van der Waals surface area contributed by atoms with Crippen LogP contribution in [0.25, 0.3) is 10.8 Å². The molecule has 0 bridgehead atoms. The van der Waals surface area contributed by atoms with Crippen LogP contribution in [0.5, 0.6) is 0 Å². The minimum Gasteiger partial charge on any atom is -0.467 e.